The summed E-state index contributed by atoms with van der Waals surface area (Å²) in [5.41, 5.74) is 0. The molecule has 0 bridgehead atoms. The number of hydrogen-bond acceptors (Lipinski definition) is 1. The third-order valence-electron chi connectivity index (χ3n) is 3.41. The molecule has 0 nitrogen and oxygen atoms in total. The molecule has 1 heterocycles. The van der Waals surface area contributed by atoms with Gasteiger partial charge < -0.3 is 0 Å². The molecule has 1 aromatic rings. The molecule has 6 heteroatoms. The van der Waals surface area contributed by atoms with E-state index in [0.717, 1.165) is 6.42 Å². The Bertz CT molecular complexity index is 488. The van der Waals surface area contributed by atoms with Crippen molar-refractivity contribution in [2.24, 2.45) is 0 Å². The van der Waals surface area contributed by atoms with Gasteiger partial charge in [-0.15, -0.1) is 31.2 Å². The van der Waals surface area contributed by atoms with E-state index in [4.69, 9.17) is 0 Å². The van der Waals surface area contributed by atoms with Crippen LogP contribution in [-0.2, 0) is 21.7 Å². The fourth-order valence-corrected chi connectivity index (χ4v) is 11.2. The Kier molecular flexibility index (Phi) is 9.87. The summed E-state index contributed by atoms with van der Waals surface area (Å²) in [5.74, 6) is 0. The van der Waals surface area contributed by atoms with Crippen LogP contribution in [0.2, 0.25) is 32.7 Å². The number of hydrogen-bond donors (Lipinski definition) is 0. The smallest absolute Gasteiger partial charge is 0.0881 e. The summed E-state index contributed by atoms with van der Waals surface area (Å²) < 4.78 is 1.69. The Labute approximate surface area is 156 Å². The van der Waals surface area contributed by atoms with E-state index >= 15 is 0 Å². The minimum atomic E-state index is -1.48. The van der Waals surface area contributed by atoms with E-state index < -0.39 is 16.1 Å². The molecule has 0 saturated heterocycles. The summed E-state index contributed by atoms with van der Waals surface area (Å²) in [6, 6.07) is 2.38. The molecular formula is C14H23Cl2SSi2Ti-. The quantitative estimate of drug-likeness (QED) is 0.527. The average molecular weight is 398 g/mol. The van der Waals surface area contributed by atoms with Crippen LogP contribution in [0.5, 0.6) is 0 Å². The van der Waals surface area contributed by atoms with E-state index in [-0.39, 0.29) is 46.5 Å². The van der Waals surface area contributed by atoms with E-state index in [1.807, 2.05) is 11.3 Å². The van der Waals surface area contributed by atoms with Gasteiger partial charge in [0, 0.05) is 21.7 Å². The molecule has 112 valence electrons. The van der Waals surface area contributed by atoms with Crippen LogP contribution in [0.4, 0.5) is 0 Å². The molecule has 1 aliphatic rings. The zero-order valence-corrected chi connectivity index (χ0v) is 18.8. The van der Waals surface area contributed by atoms with Crippen LogP contribution in [0.3, 0.4) is 0 Å². The molecule has 1 aliphatic carbocycles. The first-order valence-electron chi connectivity index (χ1n) is 6.20. The van der Waals surface area contributed by atoms with Crippen molar-refractivity contribution >= 4 is 62.0 Å². The summed E-state index contributed by atoms with van der Waals surface area (Å²) >= 11 is 1.97. The van der Waals surface area contributed by atoms with E-state index in [9.17, 15) is 0 Å². The number of rotatable bonds is 3. The number of halogens is 2. The molecule has 0 fully saturated rings. The van der Waals surface area contributed by atoms with Crippen molar-refractivity contribution in [3.05, 3.63) is 34.9 Å². The van der Waals surface area contributed by atoms with Crippen LogP contribution in [0.25, 0.3) is 0 Å². The topological polar surface area (TPSA) is 0 Å². The van der Waals surface area contributed by atoms with Gasteiger partial charge >= 0.3 is 0 Å². The molecule has 0 N–H and O–H groups in total. The average Bonchev–Trinajstić information content (AvgIpc) is 2.89. The number of allylic oxidation sites excluding steroid dienone is 4. The monoisotopic (exact) mass is 397 g/mol. The molecule has 0 aromatic carbocycles. The molecule has 20 heavy (non-hydrogen) atoms. The minimum absolute atomic E-state index is 0. The zero-order valence-electron chi connectivity index (χ0n) is 12.7. The van der Waals surface area contributed by atoms with Crippen molar-refractivity contribution in [2.45, 2.75) is 39.2 Å². The summed E-state index contributed by atoms with van der Waals surface area (Å²) in [6.45, 7) is 12.3. The molecule has 0 saturated carbocycles. The van der Waals surface area contributed by atoms with Gasteiger partial charge in [0.1, 0.15) is 0 Å². The second-order valence-electron chi connectivity index (χ2n) is 6.24. The van der Waals surface area contributed by atoms with Gasteiger partial charge in [0.25, 0.3) is 0 Å². The van der Waals surface area contributed by atoms with Crippen LogP contribution < -0.4 is 9.69 Å². The van der Waals surface area contributed by atoms with E-state index in [2.05, 4.69) is 62.4 Å². The summed E-state index contributed by atoms with van der Waals surface area (Å²) in [7, 11) is -2.68. The molecule has 0 aliphatic heterocycles. The molecule has 0 spiro atoms. The maximum Gasteiger partial charge on any atom is 0.0881 e. The van der Waals surface area contributed by atoms with Crippen LogP contribution in [0, 0.1) is 6.08 Å². The SMILES string of the molecule is C[Si](C)(C)c1ccsc1[Si](C)(C)C1=[C-]CC=C1.Cl.Cl.[Ti]. The van der Waals surface area contributed by atoms with Crippen LogP contribution >= 0.6 is 36.2 Å². The Morgan fingerprint density at radius 1 is 1.10 bits per heavy atom. The minimum Gasteiger partial charge on any atom is -0.273 e. The Morgan fingerprint density at radius 3 is 2.15 bits per heavy atom. The predicted octanol–water partition coefficient (Wildman–Crippen LogP) is 4.28. The van der Waals surface area contributed by atoms with Crippen molar-refractivity contribution in [2.75, 3.05) is 0 Å². The van der Waals surface area contributed by atoms with Gasteiger partial charge in [0.15, 0.2) is 0 Å². The van der Waals surface area contributed by atoms with Crippen molar-refractivity contribution in [3.8, 4) is 0 Å². The first-order chi connectivity index (χ1) is 7.83. The van der Waals surface area contributed by atoms with Crippen molar-refractivity contribution in [1.29, 1.82) is 0 Å². The second-order valence-corrected chi connectivity index (χ2v) is 16.8. The van der Waals surface area contributed by atoms with Gasteiger partial charge in [-0.3, -0.25) is 6.08 Å². The molecule has 0 radical (unpaired) electrons. The molecule has 1 aromatic heterocycles. The standard InChI is InChI=1S/C14H21SSi2.2ClH.Ti/c1-16(2,3)13-10-11-15-14(13)17(4,5)12-8-6-7-9-12;;;/h6,8,10-11H,7H2,1-5H3;2*1H;/q-1;;;. The number of thiophene rings is 1. The van der Waals surface area contributed by atoms with E-state index in [1.165, 1.54) is 5.20 Å². The first-order valence-corrected chi connectivity index (χ1v) is 13.6. The van der Waals surface area contributed by atoms with Crippen LogP contribution in [0.1, 0.15) is 6.42 Å². The van der Waals surface area contributed by atoms with Crippen molar-refractivity contribution in [3.63, 3.8) is 0 Å². The van der Waals surface area contributed by atoms with Gasteiger partial charge in [0.05, 0.1) is 16.1 Å². The van der Waals surface area contributed by atoms with Gasteiger partial charge in [-0.1, -0.05) is 44.0 Å². The first kappa shape index (κ1) is 23.2. The normalized spacial score (nSPS) is 13.9. The predicted molar refractivity (Wildman–Crippen MR) is 99.4 cm³/mol. The fraction of sp³-hybridized carbons (Fsp3) is 0.429. The molecule has 0 atom stereocenters. The maximum absolute atomic E-state index is 3.55. The summed E-state index contributed by atoms with van der Waals surface area (Å²) in [4.78, 5) is 0. The largest absolute Gasteiger partial charge is 0.273 e. The fourth-order valence-electron chi connectivity index (χ4n) is 2.34. The van der Waals surface area contributed by atoms with Crippen molar-refractivity contribution < 1.29 is 21.7 Å². The Hall–Kier alpha value is 0.908. The van der Waals surface area contributed by atoms with Crippen LogP contribution in [-0.4, -0.2) is 16.1 Å². The van der Waals surface area contributed by atoms with Gasteiger partial charge in [-0.05, 0) is 9.88 Å². The molecular weight excluding hydrogens is 375 g/mol. The third kappa shape index (κ3) is 4.70. The van der Waals surface area contributed by atoms with Gasteiger partial charge in [0.2, 0.25) is 0 Å². The van der Waals surface area contributed by atoms with Gasteiger partial charge in [-0.2, -0.15) is 17.4 Å². The Balaban J connectivity index is 0. The van der Waals surface area contributed by atoms with E-state index in [1.54, 1.807) is 9.69 Å². The van der Waals surface area contributed by atoms with Crippen LogP contribution in [0.15, 0.2) is 28.8 Å². The maximum atomic E-state index is 3.55. The summed E-state index contributed by atoms with van der Waals surface area (Å²) in [5, 5.41) is 5.46. The molecule has 0 amide bonds. The molecule has 0 unspecified atom stereocenters. The second kappa shape index (κ2) is 8.52. The molecule has 2 rings (SSSR count). The van der Waals surface area contributed by atoms with Gasteiger partial charge in [-0.25, -0.2) is 11.3 Å². The zero-order chi connectivity index (χ0) is 12.7. The van der Waals surface area contributed by atoms with Crippen molar-refractivity contribution in [1.82, 2.24) is 0 Å². The summed E-state index contributed by atoms with van der Waals surface area (Å²) in [6.07, 6.45) is 9.11. The van der Waals surface area contributed by atoms with E-state index in [0.29, 0.717) is 0 Å². The third-order valence-corrected chi connectivity index (χ3v) is 11.6. The Morgan fingerprint density at radius 2 is 1.70 bits per heavy atom.